The highest BCUT2D eigenvalue weighted by Crippen LogP contribution is 2.18. The summed E-state index contributed by atoms with van der Waals surface area (Å²) in [5, 5.41) is 0.638. The Morgan fingerprint density at radius 3 is 2.79 bits per heavy atom. The van der Waals surface area contributed by atoms with Crippen LogP contribution in [0.1, 0.15) is 0 Å². The normalized spacial score (nSPS) is 10.8. The van der Waals surface area contributed by atoms with Crippen molar-refractivity contribution in [2.75, 3.05) is 6.26 Å². The molecule has 2 aromatic carbocycles. The summed E-state index contributed by atoms with van der Waals surface area (Å²) in [6.45, 7) is 0. The fourth-order valence-electron chi connectivity index (χ4n) is 2.01. The lowest BCUT2D eigenvalue weighted by Crippen LogP contribution is -2.18. The van der Waals surface area contributed by atoms with Gasteiger partial charge in [0, 0.05) is 4.90 Å². The van der Waals surface area contributed by atoms with E-state index in [4.69, 9.17) is 0 Å². The lowest BCUT2D eigenvalue weighted by Gasteiger charge is -2.07. The second kappa shape index (κ2) is 4.90. The molecule has 0 aliphatic carbocycles. The molecular weight excluding hydrogens is 256 g/mol. The molecule has 0 saturated carbocycles. The van der Waals surface area contributed by atoms with E-state index < -0.39 is 0 Å². The van der Waals surface area contributed by atoms with Crippen molar-refractivity contribution in [3.63, 3.8) is 0 Å². The maximum absolute atomic E-state index is 12.4. The van der Waals surface area contributed by atoms with Crippen LogP contribution in [0.2, 0.25) is 0 Å². The lowest BCUT2D eigenvalue weighted by molar-refractivity contribution is 0.958. The van der Waals surface area contributed by atoms with E-state index in [0.717, 1.165) is 16.1 Å². The molecule has 0 radical (unpaired) electrons. The first kappa shape index (κ1) is 12.0. The van der Waals surface area contributed by atoms with Crippen LogP contribution in [0.25, 0.3) is 16.6 Å². The number of hydrogen-bond donors (Lipinski definition) is 0. The van der Waals surface area contributed by atoms with Crippen LogP contribution in [0, 0.1) is 0 Å². The van der Waals surface area contributed by atoms with Gasteiger partial charge in [-0.3, -0.25) is 9.36 Å². The molecule has 0 bridgehead atoms. The SMILES string of the molecule is CSc1cccc(-n2cnc3ccccc3c2=O)c1. The van der Waals surface area contributed by atoms with Gasteiger partial charge in [-0.25, -0.2) is 4.98 Å². The zero-order valence-corrected chi connectivity index (χ0v) is 11.2. The van der Waals surface area contributed by atoms with Gasteiger partial charge < -0.3 is 0 Å². The molecule has 0 N–H and O–H groups in total. The number of rotatable bonds is 2. The molecule has 0 unspecified atom stereocenters. The van der Waals surface area contributed by atoms with Gasteiger partial charge in [0.15, 0.2) is 0 Å². The Kier molecular flexibility index (Phi) is 3.09. The van der Waals surface area contributed by atoms with E-state index in [9.17, 15) is 4.79 Å². The average Bonchev–Trinajstić information content (AvgIpc) is 2.48. The molecule has 94 valence electrons. The van der Waals surface area contributed by atoms with Gasteiger partial charge in [0.2, 0.25) is 0 Å². The van der Waals surface area contributed by atoms with E-state index in [1.54, 1.807) is 28.7 Å². The number of nitrogens with zero attached hydrogens (tertiary/aromatic N) is 2. The molecule has 3 aromatic rings. The van der Waals surface area contributed by atoms with Crippen LogP contribution in [0.3, 0.4) is 0 Å². The third-order valence-electron chi connectivity index (χ3n) is 3.00. The first-order chi connectivity index (χ1) is 9.29. The number of thioether (sulfide) groups is 1. The zero-order valence-electron chi connectivity index (χ0n) is 10.4. The van der Waals surface area contributed by atoms with Crippen LogP contribution in [-0.4, -0.2) is 15.8 Å². The summed E-state index contributed by atoms with van der Waals surface area (Å²) in [7, 11) is 0. The Balaban J connectivity index is 2.25. The van der Waals surface area contributed by atoms with E-state index in [-0.39, 0.29) is 5.56 Å². The van der Waals surface area contributed by atoms with Crippen molar-refractivity contribution in [2.24, 2.45) is 0 Å². The molecule has 0 aliphatic rings. The zero-order chi connectivity index (χ0) is 13.2. The van der Waals surface area contributed by atoms with Crippen LogP contribution in [-0.2, 0) is 0 Å². The number of aromatic nitrogens is 2. The third-order valence-corrected chi connectivity index (χ3v) is 3.72. The monoisotopic (exact) mass is 268 g/mol. The predicted octanol–water partition coefficient (Wildman–Crippen LogP) is 3.11. The van der Waals surface area contributed by atoms with Gasteiger partial charge in [-0.1, -0.05) is 18.2 Å². The van der Waals surface area contributed by atoms with Gasteiger partial charge in [-0.05, 0) is 36.6 Å². The Morgan fingerprint density at radius 1 is 1.11 bits per heavy atom. The number of fused-ring (bicyclic) bond motifs is 1. The van der Waals surface area contributed by atoms with Crippen molar-refractivity contribution in [3.05, 3.63) is 65.2 Å². The maximum atomic E-state index is 12.4. The summed E-state index contributed by atoms with van der Waals surface area (Å²) >= 11 is 1.65. The molecule has 3 rings (SSSR count). The highest BCUT2D eigenvalue weighted by molar-refractivity contribution is 7.98. The highest BCUT2D eigenvalue weighted by atomic mass is 32.2. The first-order valence-electron chi connectivity index (χ1n) is 5.90. The molecule has 0 spiro atoms. The van der Waals surface area contributed by atoms with E-state index in [0.29, 0.717) is 5.39 Å². The van der Waals surface area contributed by atoms with Gasteiger partial charge in [0.25, 0.3) is 5.56 Å². The van der Waals surface area contributed by atoms with Crippen LogP contribution >= 0.6 is 11.8 Å². The van der Waals surface area contributed by atoms with Crippen LogP contribution in [0.4, 0.5) is 0 Å². The second-order valence-electron chi connectivity index (χ2n) is 4.14. The molecule has 3 nitrogen and oxygen atoms in total. The fraction of sp³-hybridized carbons (Fsp3) is 0.0667. The summed E-state index contributed by atoms with van der Waals surface area (Å²) in [6.07, 6.45) is 3.60. The van der Waals surface area contributed by atoms with Crippen molar-refractivity contribution in [3.8, 4) is 5.69 Å². The summed E-state index contributed by atoms with van der Waals surface area (Å²) in [5.41, 5.74) is 1.53. The Morgan fingerprint density at radius 2 is 1.95 bits per heavy atom. The Labute approximate surface area is 114 Å². The van der Waals surface area contributed by atoms with E-state index in [1.165, 1.54) is 0 Å². The third kappa shape index (κ3) is 2.15. The van der Waals surface area contributed by atoms with Crippen LogP contribution in [0.15, 0.2) is 64.5 Å². The molecule has 0 amide bonds. The number of hydrogen-bond acceptors (Lipinski definition) is 3. The summed E-state index contributed by atoms with van der Waals surface area (Å²) in [6, 6.07) is 15.3. The van der Waals surface area contributed by atoms with Crippen LogP contribution < -0.4 is 5.56 Å². The molecule has 1 heterocycles. The standard InChI is InChI=1S/C15H12N2OS/c1-19-12-6-4-5-11(9-12)17-10-16-14-8-3-2-7-13(14)15(17)18/h2-10H,1H3. The van der Waals surface area contributed by atoms with Crippen molar-refractivity contribution < 1.29 is 0 Å². The van der Waals surface area contributed by atoms with Gasteiger partial charge in [-0.15, -0.1) is 11.8 Å². The van der Waals surface area contributed by atoms with Crippen LogP contribution in [0.5, 0.6) is 0 Å². The predicted molar refractivity (Wildman–Crippen MR) is 79.1 cm³/mol. The van der Waals surface area contributed by atoms with Gasteiger partial charge in [-0.2, -0.15) is 0 Å². The van der Waals surface area contributed by atoms with E-state index in [1.807, 2.05) is 48.7 Å². The minimum absolute atomic E-state index is 0.0381. The molecule has 1 aromatic heterocycles. The topological polar surface area (TPSA) is 34.9 Å². The largest absolute Gasteiger partial charge is 0.268 e. The highest BCUT2D eigenvalue weighted by Gasteiger charge is 2.05. The van der Waals surface area contributed by atoms with Gasteiger partial charge >= 0.3 is 0 Å². The molecular formula is C15H12N2OS. The Bertz CT molecular complexity index is 795. The second-order valence-corrected chi connectivity index (χ2v) is 5.02. The van der Waals surface area contributed by atoms with E-state index in [2.05, 4.69) is 4.98 Å². The van der Waals surface area contributed by atoms with Gasteiger partial charge in [0.1, 0.15) is 6.33 Å². The molecule has 0 aliphatic heterocycles. The fourth-order valence-corrected chi connectivity index (χ4v) is 2.47. The number of benzene rings is 2. The Hall–Kier alpha value is -2.07. The summed E-state index contributed by atoms with van der Waals surface area (Å²) < 4.78 is 1.59. The minimum Gasteiger partial charge on any atom is -0.268 e. The van der Waals surface area contributed by atoms with Crippen molar-refractivity contribution in [1.29, 1.82) is 0 Å². The molecule has 19 heavy (non-hydrogen) atoms. The van der Waals surface area contributed by atoms with Crippen molar-refractivity contribution >= 4 is 22.7 Å². The van der Waals surface area contributed by atoms with Gasteiger partial charge in [0.05, 0.1) is 16.6 Å². The number of para-hydroxylation sites is 1. The minimum atomic E-state index is -0.0381. The average molecular weight is 268 g/mol. The lowest BCUT2D eigenvalue weighted by atomic mass is 10.2. The molecule has 0 atom stereocenters. The van der Waals surface area contributed by atoms with Crippen molar-refractivity contribution in [1.82, 2.24) is 9.55 Å². The molecule has 0 saturated heterocycles. The molecule has 0 fully saturated rings. The smallest absolute Gasteiger partial charge is 0.265 e. The van der Waals surface area contributed by atoms with Crippen molar-refractivity contribution in [2.45, 2.75) is 4.90 Å². The summed E-state index contributed by atoms with van der Waals surface area (Å²) in [5.74, 6) is 0. The first-order valence-corrected chi connectivity index (χ1v) is 7.13. The van der Waals surface area contributed by atoms with E-state index >= 15 is 0 Å². The quantitative estimate of drug-likeness (QED) is 0.670. The summed E-state index contributed by atoms with van der Waals surface area (Å²) in [4.78, 5) is 17.9. The molecule has 4 heteroatoms. The maximum Gasteiger partial charge on any atom is 0.265 e.